The van der Waals surface area contributed by atoms with Crippen molar-refractivity contribution in [1.82, 2.24) is 0 Å². The first-order valence-electron chi connectivity index (χ1n) is 28.4. The molecule has 6 heteroatoms. The lowest BCUT2D eigenvalue weighted by Gasteiger charge is -2.18. The van der Waals surface area contributed by atoms with Gasteiger partial charge in [-0.15, -0.1) is 0 Å². The highest BCUT2D eigenvalue weighted by molar-refractivity contribution is 5.71. The molecule has 0 aromatic carbocycles. The molecule has 0 aromatic rings. The van der Waals surface area contributed by atoms with Gasteiger partial charge in [0.15, 0.2) is 6.10 Å². The molecule has 6 nitrogen and oxygen atoms in total. The Morgan fingerprint density at radius 1 is 0.302 bits per heavy atom. The first-order valence-corrected chi connectivity index (χ1v) is 28.4. The summed E-state index contributed by atoms with van der Waals surface area (Å²) in [5.41, 5.74) is 0. The summed E-state index contributed by atoms with van der Waals surface area (Å²) in [6.07, 6.45) is 55.4. The van der Waals surface area contributed by atoms with Gasteiger partial charge in [-0.05, 0) is 25.2 Å². The van der Waals surface area contributed by atoms with Gasteiger partial charge >= 0.3 is 17.9 Å². The summed E-state index contributed by atoms with van der Waals surface area (Å²) in [6.45, 7) is 9.03. The van der Waals surface area contributed by atoms with Crippen molar-refractivity contribution in [3.05, 3.63) is 0 Å². The summed E-state index contributed by atoms with van der Waals surface area (Å²) in [6, 6.07) is 0. The molecule has 0 bridgehead atoms. The molecule has 0 radical (unpaired) electrons. The average Bonchev–Trinajstić information content (AvgIpc) is 3.27. The maximum absolute atomic E-state index is 12.8. The van der Waals surface area contributed by atoms with Crippen molar-refractivity contribution in [2.75, 3.05) is 13.2 Å². The zero-order chi connectivity index (χ0) is 45.9. The van der Waals surface area contributed by atoms with E-state index < -0.39 is 6.10 Å². The van der Waals surface area contributed by atoms with Crippen molar-refractivity contribution in [2.45, 2.75) is 329 Å². The number of unbranched alkanes of at least 4 members (excludes halogenated alkanes) is 39. The molecule has 1 atom stereocenters. The Morgan fingerprint density at radius 2 is 0.524 bits per heavy atom. The highest BCUT2D eigenvalue weighted by Crippen LogP contribution is 2.18. The van der Waals surface area contributed by atoms with Gasteiger partial charge in [0.2, 0.25) is 0 Å². The second-order valence-electron chi connectivity index (χ2n) is 20.1. The Kier molecular flexibility index (Phi) is 50.1. The van der Waals surface area contributed by atoms with Crippen molar-refractivity contribution in [3.8, 4) is 0 Å². The Balaban J connectivity index is 4.13. The number of esters is 3. The third-order valence-electron chi connectivity index (χ3n) is 13.0. The monoisotopic (exact) mass is 891 g/mol. The minimum atomic E-state index is -0.760. The topological polar surface area (TPSA) is 78.9 Å². The fourth-order valence-electron chi connectivity index (χ4n) is 8.75. The molecule has 0 aliphatic rings. The first kappa shape index (κ1) is 61.4. The van der Waals surface area contributed by atoms with Gasteiger partial charge in [-0.25, -0.2) is 0 Å². The molecule has 0 heterocycles. The van der Waals surface area contributed by atoms with Crippen LogP contribution in [0.4, 0.5) is 0 Å². The van der Waals surface area contributed by atoms with E-state index in [-0.39, 0.29) is 31.1 Å². The molecule has 0 aliphatic carbocycles. The van der Waals surface area contributed by atoms with Crippen LogP contribution in [-0.2, 0) is 28.6 Å². The smallest absolute Gasteiger partial charge is 0.306 e. The minimum Gasteiger partial charge on any atom is -0.462 e. The zero-order valence-electron chi connectivity index (χ0n) is 43.0. The molecule has 374 valence electrons. The number of carbonyl (C=O) groups is 3. The maximum atomic E-state index is 12.8. The number of ether oxygens (including phenoxy) is 3. The largest absolute Gasteiger partial charge is 0.462 e. The van der Waals surface area contributed by atoms with Gasteiger partial charge < -0.3 is 14.2 Å². The molecule has 0 unspecified atom stereocenters. The molecule has 0 saturated heterocycles. The van der Waals surface area contributed by atoms with Gasteiger partial charge in [-0.1, -0.05) is 285 Å². The van der Waals surface area contributed by atoms with E-state index >= 15 is 0 Å². The minimum absolute atomic E-state index is 0.0625. The van der Waals surface area contributed by atoms with Crippen LogP contribution < -0.4 is 0 Å². The van der Waals surface area contributed by atoms with E-state index in [1.165, 1.54) is 218 Å². The van der Waals surface area contributed by atoms with Crippen LogP contribution in [0, 0.1) is 5.92 Å². The van der Waals surface area contributed by atoms with Gasteiger partial charge in [0.25, 0.3) is 0 Å². The molecular weight excluding hydrogens is 781 g/mol. The van der Waals surface area contributed by atoms with Crippen molar-refractivity contribution < 1.29 is 28.6 Å². The third-order valence-corrected chi connectivity index (χ3v) is 13.0. The van der Waals surface area contributed by atoms with Gasteiger partial charge in [0.1, 0.15) is 13.2 Å². The lowest BCUT2D eigenvalue weighted by molar-refractivity contribution is -0.167. The van der Waals surface area contributed by atoms with Gasteiger partial charge in [-0.2, -0.15) is 0 Å². The second-order valence-corrected chi connectivity index (χ2v) is 20.1. The predicted molar refractivity (Wildman–Crippen MR) is 270 cm³/mol. The molecule has 0 spiro atoms. The van der Waals surface area contributed by atoms with Gasteiger partial charge in [-0.3, -0.25) is 14.4 Å². The van der Waals surface area contributed by atoms with E-state index in [1.807, 2.05) is 0 Å². The van der Waals surface area contributed by atoms with Crippen LogP contribution in [0.25, 0.3) is 0 Å². The van der Waals surface area contributed by atoms with Crippen LogP contribution in [0.1, 0.15) is 323 Å². The highest BCUT2D eigenvalue weighted by Gasteiger charge is 2.19. The van der Waals surface area contributed by atoms with Crippen molar-refractivity contribution in [2.24, 2.45) is 5.92 Å². The molecule has 0 rings (SSSR count). The molecule has 63 heavy (non-hydrogen) atoms. The summed E-state index contributed by atoms with van der Waals surface area (Å²) in [5.74, 6) is 0.0134. The van der Waals surface area contributed by atoms with Gasteiger partial charge in [0, 0.05) is 19.3 Å². The molecule has 0 fully saturated rings. The normalized spacial score (nSPS) is 12.0. The molecular formula is C57H110O6. The van der Waals surface area contributed by atoms with E-state index in [0.29, 0.717) is 19.3 Å². The number of hydrogen-bond donors (Lipinski definition) is 0. The summed E-state index contributed by atoms with van der Waals surface area (Å²) in [4.78, 5) is 37.9. The van der Waals surface area contributed by atoms with E-state index in [4.69, 9.17) is 14.2 Å². The quantitative estimate of drug-likeness (QED) is 0.0344. The standard InChI is InChI=1S/C57H110O6/c1-5-7-9-11-13-14-15-16-17-20-24-27-30-33-37-41-45-49-56(59)62-52-54(51-61-55(58)48-44-40-35-12-10-8-6-2)63-57(60)50-46-42-38-34-31-28-25-22-19-18-21-23-26-29-32-36-39-43-47-53(3)4/h53-54H,5-52H2,1-4H3/t54-/m0/s1. The SMILES string of the molecule is CCCCCCCCCCCCCCCCCCCC(=O)OC[C@H](COC(=O)CCCCCCCCC)OC(=O)CCCCCCCCCCCCCCCCCCCCC(C)C. The van der Waals surface area contributed by atoms with Crippen LogP contribution in [-0.4, -0.2) is 37.2 Å². The van der Waals surface area contributed by atoms with E-state index in [9.17, 15) is 14.4 Å². The Morgan fingerprint density at radius 3 is 0.778 bits per heavy atom. The maximum Gasteiger partial charge on any atom is 0.306 e. The van der Waals surface area contributed by atoms with Crippen molar-refractivity contribution in [3.63, 3.8) is 0 Å². The Labute approximate surface area is 393 Å². The Hall–Kier alpha value is -1.59. The predicted octanol–water partition coefficient (Wildman–Crippen LogP) is 18.6. The summed E-state index contributed by atoms with van der Waals surface area (Å²) >= 11 is 0. The highest BCUT2D eigenvalue weighted by atomic mass is 16.6. The fourth-order valence-corrected chi connectivity index (χ4v) is 8.75. The number of hydrogen-bond acceptors (Lipinski definition) is 6. The van der Waals surface area contributed by atoms with Crippen LogP contribution in [0.15, 0.2) is 0 Å². The van der Waals surface area contributed by atoms with Crippen LogP contribution in [0.2, 0.25) is 0 Å². The Bertz CT molecular complexity index is 949. The number of carbonyl (C=O) groups excluding carboxylic acids is 3. The average molecular weight is 892 g/mol. The molecule has 0 aromatic heterocycles. The first-order chi connectivity index (χ1) is 30.9. The lowest BCUT2D eigenvalue weighted by Crippen LogP contribution is -2.30. The number of rotatable bonds is 52. The molecule has 0 amide bonds. The zero-order valence-corrected chi connectivity index (χ0v) is 43.0. The van der Waals surface area contributed by atoms with Crippen molar-refractivity contribution >= 4 is 17.9 Å². The summed E-state index contributed by atoms with van der Waals surface area (Å²) in [5, 5.41) is 0. The summed E-state index contributed by atoms with van der Waals surface area (Å²) in [7, 11) is 0. The van der Waals surface area contributed by atoms with E-state index in [1.54, 1.807) is 0 Å². The summed E-state index contributed by atoms with van der Waals surface area (Å²) < 4.78 is 16.8. The van der Waals surface area contributed by atoms with Crippen molar-refractivity contribution in [1.29, 1.82) is 0 Å². The van der Waals surface area contributed by atoms with Crippen LogP contribution in [0.5, 0.6) is 0 Å². The molecule has 0 saturated carbocycles. The van der Waals surface area contributed by atoms with E-state index in [0.717, 1.165) is 63.7 Å². The van der Waals surface area contributed by atoms with E-state index in [2.05, 4.69) is 27.7 Å². The third kappa shape index (κ3) is 51.3. The van der Waals surface area contributed by atoms with Gasteiger partial charge in [0.05, 0.1) is 0 Å². The second kappa shape index (κ2) is 51.4. The van der Waals surface area contributed by atoms with Crippen LogP contribution >= 0.6 is 0 Å². The fraction of sp³-hybridized carbons (Fsp3) is 0.947. The molecule has 0 aliphatic heterocycles. The van der Waals surface area contributed by atoms with Crippen LogP contribution in [0.3, 0.4) is 0 Å². The lowest BCUT2D eigenvalue weighted by atomic mass is 10.0. The molecule has 0 N–H and O–H groups in total.